The molecule has 1 heterocycles. The van der Waals surface area contributed by atoms with Gasteiger partial charge >= 0.3 is 5.97 Å². The van der Waals surface area contributed by atoms with Crippen LogP contribution in [-0.2, 0) is 16.1 Å². The molecule has 1 rings (SSSR count). The summed E-state index contributed by atoms with van der Waals surface area (Å²) in [5, 5.41) is 24.0. The Bertz CT molecular complexity index is 441. The van der Waals surface area contributed by atoms with Gasteiger partial charge in [-0.1, -0.05) is 0 Å². The summed E-state index contributed by atoms with van der Waals surface area (Å²) in [5.41, 5.74) is 1.63. The summed E-state index contributed by atoms with van der Waals surface area (Å²) in [5.74, 6) is -1.60. The van der Waals surface area contributed by atoms with Crippen molar-refractivity contribution in [2.45, 2.75) is 32.9 Å². The number of aryl methyl sites for hydroxylation is 2. The maximum Gasteiger partial charge on any atom is 0.326 e. The van der Waals surface area contributed by atoms with Crippen LogP contribution in [0.15, 0.2) is 6.07 Å². The van der Waals surface area contributed by atoms with Crippen LogP contribution in [0, 0.1) is 13.8 Å². The minimum Gasteiger partial charge on any atom is -0.480 e. The Hall–Kier alpha value is -1.89. The maximum absolute atomic E-state index is 11.6. The van der Waals surface area contributed by atoms with Crippen LogP contribution in [0.1, 0.15) is 17.8 Å². The zero-order chi connectivity index (χ0) is 13.7. The zero-order valence-corrected chi connectivity index (χ0v) is 10.4. The lowest BCUT2D eigenvalue weighted by Gasteiger charge is -2.13. The summed E-state index contributed by atoms with van der Waals surface area (Å²) in [6.45, 7) is 3.30. The molecule has 0 aromatic carbocycles. The normalized spacial score (nSPS) is 12.2. The van der Waals surface area contributed by atoms with Crippen LogP contribution < -0.4 is 5.32 Å². The predicted molar refractivity (Wildman–Crippen MR) is 63.0 cm³/mol. The third-order valence-corrected chi connectivity index (χ3v) is 2.45. The van der Waals surface area contributed by atoms with E-state index in [-0.39, 0.29) is 19.6 Å². The van der Waals surface area contributed by atoms with Gasteiger partial charge in [0.1, 0.15) is 12.6 Å². The number of hydrogen-bond acceptors (Lipinski definition) is 4. The van der Waals surface area contributed by atoms with E-state index < -0.39 is 17.9 Å². The Morgan fingerprint density at radius 1 is 1.50 bits per heavy atom. The molecule has 1 amide bonds. The molecule has 0 aliphatic carbocycles. The van der Waals surface area contributed by atoms with E-state index in [1.165, 1.54) is 4.68 Å². The number of amides is 1. The third-order valence-electron chi connectivity index (χ3n) is 2.45. The van der Waals surface area contributed by atoms with E-state index in [1.807, 2.05) is 19.9 Å². The first-order valence-corrected chi connectivity index (χ1v) is 5.58. The van der Waals surface area contributed by atoms with E-state index in [0.717, 1.165) is 11.4 Å². The summed E-state index contributed by atoms with van der Waals surface area (Å²) in [6, 6.07) is 0.759. The predicted octanol–water partition coefficient (Wildman–Crippen LogP) is -0.548. The van der Waals surface area contributed by atoms with E-state index in [9.17, 15) is 9.59 Å². The average Bonchev–Trinajstić information content (AvgIpc) is 2.56. The first-order chi connectivity index (χ1) is 8.43. The molecule has 0 aliphatic rings. The fourth-order valence-corrected chi connectivity index (χ4v) is 1.60. The SMILES string of the molecule is Cc1cc(C)n(CC(=O)N[C@H](CCO)C(=O)O)n1. The molecule has 0 aliphatic heterocycles. The summed E-state index contributed by atoms with van der Waals surface area (Å²) in [7, 11) is 0. The number of hydrogen-bond donors (Lipinski definition) is 3. The largest absolute Gasteiger partial charge is 0.480 e. The summed E-state index contributed by atoms with van der Waals surface area (Å²) < 4.78 is 1.50. The van der Waals surface area contributed by atoms with Gasteiger partial charge in [0.2, 0.25) is 5.91 Å². The van der Waals surface area contributed by atoms with E-state index >= 15 is 0 Å². The Morgan fingerprint density at radius 3 is 2.61 bits per heavy atom. The maximum atomic E-state index is 11.6. The Kier molecular flexibility index (Phi) is 4.85. The Balaban J connectivity index is 2.60. The van der Waals surface area contributed by atoms with Crippen LogP contribution in [-0.4, -0.2) is 44.5 Å². The highest BCUT2D eigenvalue weighted by Gasteiger charge is 2.19. The summed E-state index contributed by atoms with van der Waals surface area (Å²) >= 11 is 0. The topological polar surface area (TPSA) is 104 Å². The summed E-state index contributed by atoms with van der Waals surface area (Å²) in [4.78, 5) is 22.4. The molecule has 3 N–H and O–H groups in total. The zero-order valence-electron chi connectivity index (χ0n) is 10.4. The second-order valence-corrected chi connectivity index (χ2v) is 4.06. The Labute approximate surface area is 104 Å². The van der Waals surface area contributed by atoms with Crippen LogP contribution in [0.25, 0.3) is 0 Å². The Morgan fingerprint density at radius 2 is 2.17 bits per heavy atom. The summed E-state index contributed by atoms with van der Waals surface area (Å²) in [6.07, 6.45) is -0.0157. The quantitative estimate of drug-likeness (QED) is 0.632. The monoisotopic (exact) mass is 255 g/mol. The number of carbonyl (C=O) groups is 2. The minimum absolute atomic E-state index is 0.0157. The van der Waals surface area contributed by atoms with Crippen molar-refractivity contribution in [1.82, 2.24) is 15.1 Å². The van der Waals surface area contributed by atoms with Crippen molar-refractivity contribution >= 4 is 11.9 Å². The molecule has 1 aromatic rings. The molecule has 100 valence electrons. The second-order valence-electron chi connectivity index (χ2n) is 4.06. The lowest BCUT2D eigenvalue weighted by Crippen LogP contribution is -2.43. The van der Waals surface area contributed by atoms with E-state index in [4.69, 9.17) is 10.2 Å². The first-order valence-electron chi connectivity index (χ1n) is 5.58. The molecule has 0 saturated carbocycles. The standard InChI is InChI=1S/C11H17N3O4/c1-7-5-8(2)14(13-7)6-10(16)12-9(3-4-15)11(17)18/h5,9,15H,3-4,6H2,1-2H3,(H,12,16)(H,17,18)/t9-/m1/s1. The minimum atomic E-state index is -1.16. The van der Waals surface area contributed by atoms with Gasteiger partial charge in [-0.25, -0.2) is 4.79 Å². The molecule has 7 nitrogen and oxygen atoms in total. The second kappa shape index (κ2) is 6.15. The molecule has 0 unspecified atom stereocenters. The molecular formula is C11H17N3O4. The fraction of sp³-hybridized carbons (Fsp3) is 0.545. The number of carboxylic acid groups (broad SMARTS) is 1. The number of aliphatic hydroxyl groups excluding tert-OH is 1. The van der Waals surface area contributed by atoms with Gasteiger partial charge in [-0.15, -0.1) is 0 Å². The van der Waals surface area contributed by atoms with E-state index in [1.54, 1.807) is 0 Å². The van der Waals surface area contributed by atoms with Crippen molar-refractivity contribution < 1.29 is 19.8 Å². The van der Waals surface area contributed by atoms with Gasteiger partial charge < -0.3 is 15.5 Å². The molecular weight excluding hydrogens is 238 g/mol. The lowest BCUT2D eigenvalue weighted by atomic mass is 10.2. The van der Waals surface area contributed by atoms with Gasteiger partial charge in [0.15, 0.2) is 0 Å². The number of rotatable bonds is 6. The van der Waals surface area contributed by atoms with Crippen molar-refractivity contribution in [3.63, 3.8) is 0 Å². The van der Waals surface area contributed by atoms with Gasteiger partial charge in [-0.2, -0.15) is 5.10 Å². The molecule has 1 aromatic heterocycles. The number of aromatic nitrogens is 2. The molecule has 1 atom stereocenters. The van der Waals surface area contributed by atoms with Crippen LogP contribution in [0.4, 0.5) is 0 Å². The molecule has 0 spiro atoms. The number of nitrogens with zero attached hydrogens (tertiary/aromatic N) is 2. The van der Waals surface area contributed by atoms with Crippen molar-refractivity contribution in [2.75, 3.05) is 6.61 Å². The molecule has 0 saturated heterocycles. The van der Waals surface area contributed by atoms with Gasteiger partial charge in [-0.3, -0.25) is 9.48 Å². The van der Waals surface area contributed by atoms with E-state index in [0.29, 0.717) is 0 Å². The molecule has 0 radical (unpaired) electrons. The van der Waals surface area contributed by atoms with Crippen molar-refractivity contribution in [3.8, 4) is 0 Å². The van der Waals surface area contributed by atoms with Gasteiger partial charge in [0, 0.05) is 18.7 Å². The lowest BCUT2D eigenvalue weighted by molar-refractivity contribution is -0.142. The van der Waals surface area contributed by atoms with Crippen molar-refractivity contribution in [1.29, 1.82) is 0 Å². The molecule has 0 bridgehead atoms. The highest BCUT2D eigenvalue weighted by Crippen LogP contribution is 2.01. The van der Waals surface area contributed by atoms with Crippen molar-refractivity contribution in [2.24, 2.45) is 0 Å². The van der Waals surface area contributed by atoms with Gasteiger partial charge in [-0.05, 0) is 19.9 Å². The number of aliphatic hydroxyl groups is 1. The molecule has 18 heavy (non-hydrogen) atoms. The number of aliphatic carboxylic acids is 1. The molecule has 0 fully saturated rings. The fourth-order valence-electron chi connectivity index (χ4n) is 1.60. The third kappa shape index (κ3) is 3.85. The van der Waals surface area contributed by atoms with Gasteiger partial charge in [0.05, 0.1) is 5.69 Å². The van der Waals surface area contributed by atoms with Crippen LogP contribution in [0.3, 0.4) is 0 Å². The number of carbonyl (C=O) groups excluding carboxylic acids is 1. The van der Waals surface area contributed by atoms with E-state index in [2.05, 4.69) is 10.4 Å². The first kappa shape index (κ1) is 14.2. The number of nitrogens with one attached hydrogen (secondary N) is 1. The van der Waals surface area contributed by atoms with Gasteiger partial charge in [0.25, 0.3) is 0 Å². The smallest absolute Gasteiger partial charge is 0.326 e. The van der Waals surface area contributed by atoms with Crippen LogP contribution >= 0.6 is 0 Å². The molecule has 7 heteroatoms. The highest BCUT2D eigenvalue weighted by atomic mass is 16.4. The van der Waals surface area contributed by atoms with Crippen molar-refractivity contribution in [3.05, 3.63) is 17.5 Å². The number of carboxylic acids is 1. The van der Waals surface area contributed by atoms with Crippen LogP contribution in [0.5, 0.6) is 0 Å². The van der Waals surface area contributed by atoms with Crippen LogP contribution in [0.2, 0.25) is 0 Å². The average molecular weight is 255 g/mol. The highest BCUT2D eigenvalue weighted by molar-refractivity contribution is 5.83.